The first-order valence-corrected chi connectivity index (χ1v) is 6.27. The summed E-state index contributed by atoms with van der Waals surface area (Å²) in [6.07, 6.45) is 0.719. The highest BCUT2D eigenvalue weighted by Crippen LogP contribution is 2.12. The van der Waals surface area contributed by atoms with E-state index in [1.165, 1.54) is 16.7 Å². The molecule has 0 saturated carbocycles. The molecule has 0 spiro atoms. The number of hydrogen-bond donors (Lipinski definition) is 1. The zero-order chi connectivity index (χ0) is 13.0. The topological polar surface area (TPSA) is 51.0 Å². The van der Waals surface area contributed by atoms with E-state index in [1.807, 2.05) is 6.92 Å². The lowest BCUT2D eigenvalue weighted by Gasteiger charge is -2.02. The number of aromatic nitrogens is 2. The molecule has 2 aromatic rings. The number of rotatable bonds is 5. The maximum atomic E-state index is 5.17. The van der Waals surface area contributed by atoms with Crippen molar-refractivity contribution in [3.8, 4) is 0 Å². The number of hydrogen-bond acceptors (Lipinski definition) is 4. The lowest BCUT2D eigenvalue weighted by molar-refractivity contribution is 0.365. The monoisotopic (exact) mass is 245 g/mol. The molecule has 0 fully saturated rings. The molecule has 1 N–H and O–H groups in total. The maximum absolute atomic E-state index is 5.17. The molecule has 1 aromatic heterocycles. The molecule has 0 unspecified atom stereocenters. The summed E-state index contributed by atoms with van der Waals surface area (Å²) in [6.45, 7) is 7.81. The van der Waals surface area contributed by atoms with Crippen molar-refractivity contribution in [1.29, 1.82) is 0 Å². The van der Waals surface area contributed by atoms with E-state index in [9.17, 15) is 0 Å². The summed E-state index contributed by atoms with van der Waals surface area (Å²) in [5, 5.41) is 7.15. The Bertz CT molecular complexity index is 520. The maximum Gasteiger partial charge on any atom is 0.240 e. The van der Waals surface area contributed by atoms with Crippen LogP contribution in [0.2, 0.25) is 0 Å². The minimum Gasteiger partial charge on any atom is -0.338 e. The van der Waals surface area contributed by atoms with Crippen LogP contribution in [0.4, 0.5) is 0 Å². The van der Waals surface area contributed by atoms with Gasteiger partial charge in [-0.05, 0) is 37.1 Å². The molecule has 4 nitrogen and oxygen atoms in total. The molecule has 4 heteroatoms. The standard InChI is InChI=1S/C14H19N3O/c1-4-15-9-14-16-13(17-18-14)8-12-6-5-10(2)11(3)7-12/h5-7,15H,4,8-9H2,1-3H3. The van der Waals surface area contributed by atoms with E-state index in [1.54, 1.807) is 0 Å². The van der Waals surface area contributed by atoms with Gasteiger partial charge >= 0.3 is 0 Å². The summed E-state index contributed by atoms with van der Waals surface area (Å²) in [5.41, 5.74) is 3.82. The summed E-state index contributed by atoms with van der Waals surface area (Å²) in [6, 6.07) is 6.42. The largest absolute Gasteiger partial charge is 0.338 e. The average Bonchev–Trinajstić information content (AvgIpc) is 2.79. The molecule has 96 valence electrons. The van der Waals surface area contributed by atoms with Gasteiger partial charge in [-0.1, -0.05) is 30.3 Å². The summed E-state index contributed by atoms with van der Waals surface area (Å²) >= 11 is 0. The zero-order valence-electron chi connectivity index (χ0n) is 11.2. The van der Waals surface area contributed by atoms with E-state index >= 15 is 0 Å². The molecule has 0 amide bonds. The van der Waals surface area contributed by atoms with Gasteiger partial charge in [0.2, 0.25) is 5.89 Å². The third-order valence-corrected chi connectivity index (χ3v) is 2.97. The van der Waals surface area contributed by atoms with Crippen LogP contribution in [0.1, 0.15) is 35.3 Å². The van der Waals surface area contributed by atoms with Gasteiger partial charge in [0.05, 0.1) is 6.54 Å². The van der Waals surface area contributed by atoms with Gasteiger partial charge in [-0.25, -0.2) is 0 Å². The summed E-state index contributed by atoms with van der Waals surface area (Å²) in [4.78, 5) is 4.35. The van der Waals surface area contributed by atoms with Crippen LogP contribution in [-0.4, -0.2) is 16.7 Å². The predicted molar refractivity (Wildman–Crippen MR) is 70.4 cm³/mol. The van der Waals surface area contributed by atoms with Crippen LogP contribution in [0.15, 0.2) is 22.7 Å². The fourth-order valence-electron chi connectivity index (χ4n) is 1.76. The zero-order valence-corrected chi connectivity index (χ0v) is 11.2. The Hall–Kier alpha value is -1.68. The molecular formula is C14H19N3O. The highest BCUT2D eigenvalue weighted by Gasteiger charge is 2.07. The van der Waals surface area contributed by atoms with Crippen LogP contribution >= 0.6 is 0 Å². The minimum atomic E-state index is 0.635. The first-order chi connectivity index (χ1) is 8.69. The summed E-state index contributed by atoms with van der Waals surface area (Å²) in [5.74, 6) is 1.39. The fourth-order valence-corrected chi connectivity index (χ4v) is 1.76. The van der Waals surface area contributed by atoms with Gasteiger partial charge in [-0.3, -0.25) is 0 Å². The lowest BCUT2D eigenvalue weighted by Crippen LogP contribution is -2.11. The molecule has 0 aliphatic heterocycles. The Morgan fingerprint density at radius 1 is 1.22 bits per heavy atom. The molecule has 0 radical (unpaired) electrons. The highest BCUT2D eigenvalue weighted by molar-refractivity contribution is 5.31. The van der Waals surface area contributed by atoms with Gasteiger partial charge in [0, 0.05) is 6.42 Å². The van der Waals surface area contributed by atoms with E-state index in [0.717, 1.165) is 18.8 Å². The Labute approximate surface area is 107 Å². The van der Waals surface area contributed by atoms with Crippen molar-refractivity contribution in [2.45, 2.75) is 33.7 Å². The van der Waals surface area contributed by atoms with E-state index < -0.39 is 0 Å². The van der Waals surface area contributed by atoms with Crippen LogP contribution in [0.3, 0.4) is 0 Å². The van der Waals surface area contributed by atoms with Gasteiger partial charge < -0.3 is 9.84 Å². The Morgan fingerprint density at radius 2 is 2.06 bits per heavy atom. The Balaban J connectivity index is 2.04. The number of aryl methyl sites for hydroxylation is 2. The lowest BCUT2D eigenvalue weighted by atomic mass is 10.0. The van der Waals surface area contributed by atoms with Crippen molar-refractivity contribution in [3.05, 3.63) is 46.6 Å². The SMILES string of the molecule is CCNCc1nc(Cc2ccc(C)c(C)c2)no1. The normalized spacial score (nSPS) is 10.8. The van der Waals surface area contributed by atoms with Crippen molar-refractivity contribution in [2.75, 3.05) is 6.54 Å². The molecule has 0 aliphatic rings. The average molecular weight is 245 g/mol. The molecule has 18 heavy (non-hydrogen) atoms. The van der Waals surface area contributed by atoms with E-state index in [4.69, 9.17) is 4.52 Å². The molecule has 1 heterocycles. The van der Waals surface area contributed by atoms with E-state index in [0.29, 0.717) is 12.4 Å². The number of nitrogens with zero attached hydrogens (tertiary/aromatic N) is 2. The Kier molecular flexibility index (Phi) is 4.10. The first-order valence-electron chi connectivity index (χ1n) is 6.27. The highest BCUT2D eigenvalue weighted by atomic mass is 16.5. The van der Waals surface area contributed by atoms with Crippen LogP contribution in [-0.2, 0) is 13.0 Å². The van der Waals surface area contributed by atoms with Gasteiger partial charge in [0.15, 0.2) is 5.82 Å². The summed E-state index contributed by atoms with van der Waals surface area (Å²) < 4.78 is 5.17. The van der Waals surface area contributed by atoms with Crippen LogP contribution < -0.4 is 5.32 Å². The van der Waals surface area contributed by atoms with Crippen molar-refractivity contribution in [1.82, 2.24) is 15.5 Å². The van der Waals surface area contributed by atoms with Crippen LogP contribution in [0, 0.1) is 13.8 Å². The second-order valence-corrected chi connectivity index (χ2v) is 4.48. The van der Waals surface area contributed by atoms with Gasteiger partial charge in [-0.2, -0.15) is 4.98 Å². The third-order valence-electron chi connectivity index (χ3n) is 2.97. The van der Waals surface area contributed by atoms with Gasteiger partial charge in [0.1, 0.15) is 0 Å². The molecule has 0 atom stereocenters. The van der Waals surface area contributed by atoms with Crippen molar-refractivity contribution in [3.63, 3.8) is 0 Å². The van der Waals surface area contributed by atoms with Gasteiger partial charge in [0.25, 0.3) is 0 Å². The number of benzene rings is 1. The molecule has 0 aliphatic carbocycles. The van der Waals surface area contributed by atoms with Gasteiger partial charge in [-0.15, -0.1) is 0 Å². The number of nitrogens with one attached hydrogen (secondary N) is 1. The molecule has 0 bridgehead atoms. The second-order valence-electron chi connectivity index (χ2n) is 4.48. The molecule has 2 rings (SSSR count). The quantitative estimate of drug-likeness (QED) is 0.878. The van der Waals surface area contributed by atoms with Crippen LogP contribution in [0.25, 0.3) is 0 Å². The molecule has 0 saturated heterocycles. The molecular weight excluding hydrogens is 226 g/mol. The first kappa shape index (κ1) is 12.8. The predicted octanol–water partition coefficient (Wildman–Crippen LogP) is 2.39. The van der Waals surface area contributed by atoms with E-state index in [-0.39, 0.29) is 0 Å². The van der Waals surface area contributed by atoms with Crippen molar-refractivity contribution < 1.29 is 4.52 Å². The molecule has 1 aromatic carbocycles. The Morgan fingerprint density at radius 3 is 2.78 bits per heavy atom. The minimum absolute atomic E-state index is 0.635. The second kappa shape index (κ2) is 5.78. The van der Waals surface area contributed by atoms with Crippen LogP contribution in [0.5, 0.6) is 0 Å². The third kappa shape index (κ3) is 3.17. The summed E-state index contributed by atoms with van der Waals surface area (Å²) in [7, 11) is 0. The fraction of sp³-hybridized carbons (Fsp3) is 0.429. The smallest absolute Gasteiger partial charge is 0.240 e. The van der Waals surface area contributed by atoms with E-state index in [2.05, 4.69) is 47.5 Å². The van der Waals surface area contributed by atoms with Crippen molar-refractivity contribution >= 4 is 0 Å². The van der Waals surface area contributed by atoms with Crippen molar-refractivity contribution in [2.24, 2.45) is 0 Å².